The van der Waals surface area contributed by atoms with E-state index in [1.807, 2.05) is 0 Å². The lowest BCUT2D eigenvalue weighted by Gasteiger charge is -2.13. The van der Waals surface area contributed by atoms with Gasteiger partial charge in [0, 0.05) is 11.0 Å². The van der Waals surface area contributed by atoms with E-state index in [0.29, 0.717) is 0 Å². The zero-order valence-corrected chi connectivity index (χ0v) is 9.62. The fourth-order valence-corrected chi connectivity index (χ4v) is 5.72. The number of benzene rings is 1. The van der Waals surface area contributed by atoms with Crippen molar-refractivity contribution in [3.05, 3.63) is 35.9 Å². The molecule has 0 aromatic heterocycles. The van der Waals surface area contributed by atoms with Crippen molar-refractivity contribution in [2.45, 2.75) is 23.8 Å². The SMILES string of the molecule is c1ccc(CSC2C3CC4C(C3)C42)cc1. The summed E-state index contributed by atoms with van der Waals surface area (Å²) in [6, 6.07) is 10.9. The Labute approximate surface area is 95.5 Å². The molecule has 0 N–H and O–H groups in total. The number of hydrogen-bond donors (Lipinski definition) is 0. The van der Waals surface area contributed by atoms with Crippen LogP contribution in [-0.2, 0) is 5.75 Å². The molecule has 0 nitrogen and oxygen atoms in total. The molecular weight excluding hydrogens is 200 g/mol. The lowest BCUT2D eigenvalue weighted by atomic mass is 10.1. The topological polar surface area (TPSA) is 0 Å². The first kappa shape index (κ1) is 8.69. The highest BCUT2D eigenvalue weighted by Crippen LogP contribution is 2.73. The maximum absolute atomic E-state index is 2.26. The van der Waals surface area contributed by atoms with Gasteiger partial charge in [-0.15, -0.1) is 0 Å². The minimum absolute atomic E-state index is 1.03. The average Bonchev–Trinajstić information content (AvgIpc) is 2.71. The molecule has 78 valence electrons. The number of hydrogen-bond acceptors (Lipinski definition) is 1. The molecule has 4 aliphatic rings. The van der Waals surface area contributed by atoms with Crippen LogP contribution >= 0.6 is 11.8 Å². The van der Waals surface area contributed by atoms with Gasteiger partial charge in [0.05, 0.1) is 0 Å². The van der Waals surface area contributed by atoms with E-state index in [0.717, 1.165) is 17.1 Å². The van der Waals surface area contributed by atoms with Gasteiger partial charge in [-0.2, -0.15) is 11.8 Å². The molecule has 4 fully saturated rings. The summed E-state index contributed by atoms with van der Waals surface area (Å²) in [5.74, 6) is 5.81. The smallest absolute Gasteiger partial charge is 0.0187 e. The lowest BCUT2D eigenvalue weighted by molar-refractivity contribution is 0.615. The van der Waals surface area contributed by atoms with Crippen molar-refractivity contribution in [3.63, 3.8) is 0 Å². The first-order chi connectivity index (χ1) is 7.43. The van der Waals surface area contributed by atoms with E-state index in [9.17, 15) is 0 Å². The van der Waals surface area contributed by atoms with Crippen molar-refractivity contribution in [3.8, 4) is 0 Å². The minimum atomic E-state index is 1.03. The van der Waals surface area contributed by atoms with Crippen molar-refractivity contribution in [2.24, 2.45) is 23.7 Å². The third-order valence-electron chi connectivity index (χ3n) is 4.68. The molecule has 15 heavy (non-hydrogen) atoms. The van der Waals surface area contributed by atoms with Gasteiger partial charge in [0.1, 0.15) is 0 Å². The highest BCUT2D eigenvalue weighted by Gasteiger charge is 2.68. The van der Waals surface area contributed by atoms with Gasteiger partial charge in [-0.3, -0.25) is 0 Å². The van der Waals surface area contributed by atoms with Crippen molar-refractivity contribution in [2.75, 3.05) is 0 Å². The van der Waals surface area contributed by atoms with Crippen LogP contribution in [0.5, 0.6) is 0 Å². The molecule has 1 heteroatoms. The van der Waals surface area contributed by atoms with Crippen LogP contribution in [-0.4, -0.2) is 5.25 Å². The molecule has 5 rings (SSSR count). The Hall–Kier alpha value is -0.430. The van der Waals surface area contributed by atoms with Gasteiger partial charge in [-0.05, 0) is 42.1 Å². The van der Waals surface area contributed by atoms with Gasteiger partial charge in [0.2, 0.25) is 0 Å². The van der Waals surface area contributed by atoms with Gasteiger partial charge in [0.25, 0.3) is 0 Å². The first-order valence-corrected chi connectivity index (χ1v) is 7.14. The van der Waals surface area contributed by atoms with E-state index in [2.05, 4.69) is 42.1 Å². The first-order valence-electron chi connectivity index (χ1n) is 6.09. The Balaban J connectivity index is 1.42. The molecule has 0 saturated heterocycles. The largest absolute Gasteiger partial charge is 0.153 e. The normalized spacial score (nSPS) is 44.7. The number of thioether (sulfide) groups is 1. The molecule has 0 amide bonds. The van der Waals surface area contributed by atoms with Crippen LogP contribution in [0.4, 0.5) is 0 Å². The van der Waals surface area contributed by atoms with Crippen molar-refractivity contribution < 1.29 is 0 Å². The highest BCUT2D eigenvalue weighted by atomic mass is 32.2. The van der Waals surface area contributed by atoms with Crippen LogP contribution in [0.3, 0.4) is 0 Å². The molecular formula is C14H16S. The predicted molar refractivity (Wildman–Crippen MR) is 64.7 cm³/mol. The summed E-state index contributed by atoms with van der Waals surface area (Å²) in [4.78, 5) is 0. The Morgan fingerprint density at radius 2 is 1.80 bits per heavy atom. The molecule has 0 radical (unpaired) electrons. The Morgan fingerprint density at radius 3 is 2.40 bits per heavy atom. The quantitative estimate of drug-likeness (QED) is 0.744. The average molecular weight is 216 g/mol. The monoisotopic (exact) mass is 216 g/mol. The van der Waals surface area contributed by atoms with Crippen LogP contribution in [0.25, 0.3) is 0 Å². The van der Waals surface area contributed by atoms with Gasteiger partial charge >= 0.3 is 0 Å². The van der Waals surface area contributed by atoms with Crippen molar-refractivity contribution >= 4 is 11.8 Å². The molecule has 3 atom stereocenters. The Kier molecular flexibility index (Phi) is 1.76. The maximum atomic E-state index is 2.26. The van der Waals surface area contributed by atoms with E-state index < -0.39 is 0 Å². The molecule has 3 unspecified atom stereocenters. The van der Waals surface area contributed by atoms with Gasteiger partial charge < -0.3 is 0 Å². The standard InChI is InChI=1S/C14H16S/c1-2-4-9(5-3-1)8-15-14-10-6-11-12(7-10)13(11)14/h1-5,10-14H,6-8H2. The second kappa shape index (κ2) is 3.04. The van der Waals surface area contributed by atoms with Crippen molar-refractivity contribution in [1.82, 2.24) is 0 Å². The second-order valence-corrected chi connectivity index (χ2v) is 6.56. The zero-order valence-electron chi connectivity index (χ0n) is 8.80. The minimum Gasteiger partial charge on any atom is -0.153 e. The van der Waals surface area contributed by atoms with Crippen LogP contribution in [0, 0.1) is 23.7 Å². The van der Waals surface area contributed by atoms with E-state index in [-0.39, 0.29) is 0 Å². The highest BCUT2D eigenvalue weighted by molar-refractivity contribution is 7.99. The number of rotatable bonds is 3. The summed E-state index contributed by atoms with van der Waals surface area (Å²) >= 11 is 2.24. The summed E-state index contributed by atoms with van der Waals surface area (Å²) < 4.78 is 0. The maximum Gasteiger partial charge on any atom is 0.0187 e. The summed E-state index contributed by atoms with van der Waals surface area (Å²) in [6.45, 7) is 0. The van der Waals surface area contributed by atoms with E-state index >= 15 is 0 Å². The van der Waals surface area contributed by atoms with Gasteiger partial charge in [-0.1, -0.05) is 30.3 Å². The molecule has 4 saturated carbocycles. The Morgan fingerprint density at radius 1 is 1.07 bits per heavy atom. The third-order valence-corrected chi connectivity index (χ3v) is 6.26. The van der Waals surface area contributed by atoms with Crippen LogP contribution in [0.2, 0.25) is 0 Å². The van der Waals surface area contributed by atoms with E-state index in [1.54, 1.807) is 12.8 Å². The molecule has 0 spiro atoms. The van der Waals surface area contributed by atoms with Gasteiger partial charge in [0.15, 0.2) is 0 Å². The summed E-state index contributed by atoms with van der Waals surface area (Å²) in [5, 5.41) is 1.03. The molecule has 4 bridgehead atoms. The molecule has 1 aromatic carbocycles. The van der Waals surface area contributed by atoms with Crippen molar-refractivity contribution in [1.29, 1.82) is 0 Å². The molecule has 1 aromatic rings. The molecule has 0 aliphatic heterocycles. The van der Waals surface area contributed by atoms with Crippen LogP contribution in [0.15, 0.2) is 30.3 Å². The fourth-order valence-electron chi connectivity index (χ4n) is 4.02. The van der Waals surface area contributed by atoms with E-state index in [1.165, 1.54) is 23.2 Å². The summed E-state index contributed by atoms with van der Waals surface area (Å²) in [7, 11) is 0. The zero-order chi connectivity index (χ0) is 9.83. The molecule has 0 heterocycles. The molecule has 4 aliphatic carbocycles. The predicted octanol–water partition coefficient (Wildman–Crippen LogP) is 3.57. The second-order valence-electron chi connectivity index (χ2n) is 5.40. The van der Waals surface area contributed by atoms with Gasteiger partial charge in [-0.25, -0.2) is 0 Å². The Bertz CT molecular complexity index is 358. The summed E-state index contributed by atoms with van der Waals surface area (Å²) in [5.41, 5.74) is 1.50. The lowest BCUT2D eigenvalue weighted by Crippen LogP contribution is -2.07. The van der Waals surface area contributed by atoms with Crippen LogP contribution in [0.1, 0.15) is 18.4 Å². The fraction of sp³-hybridized carbons (Fsp3) is 0.571. The van der Waals surface area contributed by atoms with E-state index in [4.69, 9.17) is 0 Å². The summed E-state index contributed by atoms with van der Waals surface area (Å²) in [6.07, 6.45) is 3.14. The third kappa shape index (κ3) is 1.22. The van der Waals surface area contributed by atoms with Crippen LogP contribution < -0.4 is 0 Å².